The minimum Gasteiger partial charge on any atom is -0.479 e. The van der Waals surface area contributed by atoms with Gasteiger partial charge in [-0.05, 0) is 86.6 Å². The molecule has 194 valence electrons. The summed E-state index contributed by atoms with van der Waals surface area (Å²) in [5.74, 6) is 2.71. The molecule has 0 aromatic heterocycles. The number of ether oxygens (including phenoxy) is 2. The van der Waals surface area contributed by atoms with Gasteiger partial charge >= 0.3 is 0 Å². The SMILES string of the molecule is Cc1ccc(OCC2=CC=C[C+](COc3ccc(C)cc3)C2=C(c2ccc(Cl)cc2)c2ccc(Cl)cc2)cc1. The second kappa shape index (κ2) is 12.3. The molecule has 0 aliphatic heterocycles. The van der Waals surface area contributed by atoms with Crippen LogP contribution in [0, 0.1) is 19.8 Å². The smallest absolute Gasteiger partial charge is 0.148 e. The molecule has 0 bridgehead atoms. The summed E-state index contributed by atoms with van der Waals surface area (Å²) in [6.07, 6.45) is 6.29. The monoisotopic (exact) mass is 551 g/mol. The second-order valence-corrected chi connectivity index (χ2v) is 10.4. The van der Waals surface area contributed by atoms with Gasteiger partial charge in [0.1, 0.15) is 30.3 Å². The molecule has 4 aromatic rings. The van der Waals surface area contributed by atoms with Crippen LogP contribution in [0.15, 0.2) is 126 Å². The van der Waals surface area contributed by atoms with Crippen LogP contribution >= 0.6 is 23.2 Å². The first-order chi connectivity index (χ1) is 19.0. The summed E-state index contributed by atoms with van der Waals surface area (Å²) in [6.45, 7) is 4.95. The zero-order valence-electron chi connectivity index (χ0n) is 22.0. The van der Waals surface area contributed by atoms with Crippen LogP contribution in [0.2, 0.25) is 10.0 Å². The third-order valence-electron chi connectivity index (χ3n) is 6.58. The molecular formula is C35H29Cl2O2+. The first kappa shape index (κ1) is 26.7. The fraction of sp³-hybridized carbons (Fsp3) is 0.114. The Morgan fingerprint density at radius 2 is 1.13 bits per heavy atom. The Balaban J connectivity index is 1.58. The van der Waals surface area contributed by atoms with Crippen molar-refractivity contribution in [1.29, 1.82) is 0 Å². The lowest BCUT2D eigenvalue weighted by Crippen LogP contribution is -2.19. The van der Waals surface area contributed by atoms with Crippen molar-refractivity contribution >= 4 is 28.8 Å². The molecule has 0 amide bonds. The molecule has 0 atom stereocenters. The van der Waals surface area contributed by atoms with E-state index in [-0.39, 0.29) is 0 Å². The Morgan fingerprint density at radius 1 is 0.641 bits per heavy atom. The highest BCUT2D eigenvalue weighted by atomic mass is 35.5. The maximum atomic E-state index is 6.28. The maximum Gasteiger partial charge on any atom is 0.148 e. The van der Waals surface area contributed by atoms with Gasteiger partial charge in [0, 0.05) is 39.4 Å². The first-order valence-electron chi connectivity index (χ1n) is 12.9. The van der Waals surface area contributed by atoms with E-state index >= 15 is 0 Å². The molecule has 0 fully saturated rings. The van der Waals surface area contributed by atoms with Gasteiger partial charge in [0.15, 0.2) is 0 Å². The van der Waals surface area contributed by atoms with Crippen molar-refractivity contribution in [1.82, 2.24) is 0 Å². The number of rotatable bonds is 8. The number of benzene rings is 4. The molecule has 1 aliphatic carbocycles. The lowest BCUT2D eigenvalue weighted by atomic mass is 9.80. The molecular weight excluding hydrogens is 523 g/mol. The molecule has 0 radical (unpaired) electrons. The van der Waals surface area contributed by atoms with E-state index < -0.39 is 0 Å². The standard InChI is InChI=1S/C35H29Cl2O2/c1-24-6-18-32(19-7-24)38-22-28-4-3-5-29(23-39-33-20-8-25(2)9-21-33)35(28)34(26-10-14-30(36)15-11-26)27-12-16-31(37)17-13-27/h3-21H,22-23H2,1-2H3/q+1. The molecule has 4 aromatic carbocycles. The Kier molecular flexibility index (Phi) is 8.46. The molecule has 39 heavy (non-hydrogen) atoms. The predicted octanol–water partition coefficient (Wildman–Crippen LogP) is 9.64. The van der Waals surface area contributed by atoms with Crippen molar-refractivity contribution < 1.29 is 9.47 Å². The van der Waals surface area contributed by atoms with E-state index in [0.717, 1.165) is 45.3 Å². The van der Waals surface area contributed by atoms with E-state index in [9.17, 15) is 0 Å². The number of allylic oxidation sites excluding steroid dienone is 2. The van der Waals surface area contributed by atoms with Crippen LogP contribution in [0.1, 0.15) is 22.3 Å². The van der Waals surface area contributed by atoms with Gasteiger partial charge in [0.2, 0.25) is 0 Å². The summed E-state index contributed by atoms with van der Waals surface area (Å²) in [5.41, 5.74) is 7.66. The lowest BCUT2D eigenvalue weighted by Gasteiger charge is -2.21. The average Bonchev–Trinajstić information content (AvgIpc) is 2.95. The molecule has 0 saturated carbocycles. The molecule has 5 rings (SSSR count). The molecule has 0 spiro atoms. The van der Waals surface area contributed by atoms with E-state index in [0.29, 0.717) is 23.3 Å². The van der Waals surface area contributed by atoms with E-state index in [4.69, 9.17) is 32.7 Å². The van der Waals surface area contributed by atoms with Crippen molar-refractivity contribution in [2.45, 2.75) is 13.8 Å². The Bertz CT molecular complexity index is 1450. The number of aryl methyl sites for hydroxylation is 2. The highest BCUT2D eigenvalue weighted by molar-refractivity contribution is 6.31. The minimum atomic E-state index is 0.404. The minimum absolute atomic E-state index is 0.404. The summed E-state index contributed by atoms with van der Waals surface area (Å²) < 4.78 is 12.6. The van der Waals surface area contributed by atoms with Crippen molar-refractivity contribution in [3.63, 3.8) is 0 Å². The van der Waals surface area contributed by atoms with Crippen LogP contribution < -0.4 is 9.47 Å². The lowest BCUT2D eigenvalue weighted by molar-refractivity contribution is 0.335. The Labute approximate surface area is 240 Å². The third kappa shape index (κ3) is 6.78. The van der Waals surface area contributed by atoms with E-state index in [2.05, 4.69) is 80.6 Å². The van der Waals surface area contributed by atoms with E-state index in [1.54, 1.807) is 0 Å². The normalized spacial score (nSPS) is 12.8. The highest BCUT2D eigenvalue weighted by Gasteiger charge is 2.33. The largest absolute Gasteiger partial charge is 0.479 e. The van der Waals surface area contributed by atoms with Crippen LogP contribution in [0.25, 0.3) is 5.57 Å². The van der Waals surface area contributed by atoms with Gasteiger partial charge < -0.3 is 9.47 Å². The second-order valence-electron chi connectivity index (χ2n) is 9.54. The number of hydrogen-bond acceptors (Lipinski definition) is 2. The van der Waals surface area contributed by atoms with Crippen LogP contribution in [0.4, 0.5) is 0 Å². The van der Waals surface area contributed by atoms with Crippen molar-refractivity contribution in [3.05, 3.63) is 165 Å². The summed E-state index contributed by atoms with van der Waals surface area (Å²) in [7, 11) is 0. The molecule has 0 heterocycles. The van der Waals surface area contributed by atoms with Gasteiger partial charge in [-0.2, -0.15) is 0 Å². The molecule has 0 N–H and O–H groups in total. The average molecular weight is 553 g/mol. The zero-order chi connectivity index (χ0) is 27.2. The molecule has 0 saturated heterocycles. The van der Waals surface area contributed by atoms with E-state index in [1.807, 2.05) is 48.5 Å². The molecule has 1 aliphatic rings. The van der Waals surface area contributed by atoms with Gasteiger partial charge in [-0.25, -0.2) is 0 Å². The van der Waals surface area contributed by atoms with Crippen molar-refractivity contribution in [3.8, 4) is 11.5 Å². The summed E-state index contributed by atoms with van der Waals surface area (Å²) in [4.78, 5) is 0. The highest BCUT2D eigenvalue weighted by Crippen LogP contribution is 2.39. The van der Waals surface area contributed by atoms with Gasteiger partial charge in [0.05, 0.1) is 17.1 Å². The summed E-state index contributed by atoms with van der Waals surface area (Å²) in [6, 6.07) is 32.1. The zero-order valence-corrected chi connectivity index (χ0v) is 23.5. The predicted molar refractivity (Wildman–Crippen MR) is 163 cm³/mol. The Hall–Kier alpha value is -3.85. The van der Waals surface area contributed by atoms with Gasteiger partial charge in [-0.1, -0.05) is 58.6 Å². The van der Waals surface area contributed by atoms with Crippen molar-refractivity contribution in [2.24, 2.45) is 0 Å². The fourth-order valence-corrected chi connectivity index (χ4v) is 4.75. The molecule has 4 heteroatoms. The van der Waals surface area contributed by atoms with E-state index in [1.165, 1.54) is 11.1 Å². The molecule has 0 unspecified atom stereocenters. The van der Waals surface area contributed by atoms with Gasteiger partial charge in [0.25, 0.3) is 0 Å². The third-order valence-corrected chi connectivity index (χ3v) is 7.09. The quantitative estimate of drug-likeness (QED) is 0.203. The number of hydrogen-bond donors (Lipinski definition) is 0. The Morgan fingerprint density at radius 3 is 1.64 bits per heavy atom. The maximum absolute atomic E-state index is 6.28. The molecule has 2 nitrogen and oxygen atoms in total. The van der Waals surface area contributed by atoms with Crippen molar-refractivity contribution in [2.75, 3.05) is 13.2 Å². The first-order valence-corrected chi connectivity index (χ1v) is 13.6. The van der Waals surface area contributed by atoms with Crippen LogP contribution in [0.3, 0.4) is 0 Å². The van der Waals surface area contributed by atoms with Crippen LogP contribution in [-0.4, -0.2) is 13.2 Å². The fourth-order valence-electron chi connectivity index (χ4n) is 4.49. The summed E-state index contributed by atoms with van der Waals surface area (Å²) in [5, 5.41) is 1.38. The van der Waals surface area contributed by atoms with Gasteiger partial charge in [-0.15, -0.1) is 0 Å². The van der Waals surface area contributed by atoms with Crippen LogP contribution in [-0.2, 0) is 0 Å². The number of halogens is 2. The van der Waals surface area contributed by atoms with Gasteiger partial charge in [-0.3, -0.25) is 0 Å². The van der Waals surface area contributed by atoms with Crippen LogP contribution in [0.5, 0.6) is 11.5 Å². The summed E-state index contributed by atoms with van der Waals surface area (Å²) >= 11 is 12.6. The topological polar surface area (TPSA) is 18.5 Å².